The SMILES string of the molecule is Cc1ncn(-c2cnccc2C(=N)N)c1C. The van der Waals surface area contributed by atoms with Gasteiger partial charge >= 0.3 is 0 Å². The molecular weight excluding hydrogens is 202 g/mol. The molecule has 2 aromatic heterocycles. The van der Waals surface area contributed by atoms with Crippen LogP contribution < -0.4 is 5.73 Å². The zero-order valence-corrected chi connectivity index (χ0v) is 9.23. The van der Waals surface area contributed by atoms with Gasteiger partial charge in [-0.05, 0) is 19.9 Å². The first-order valence-corrected chi connectivity index (χ1v) is 4.90. The highest BCUT2D eigenvalue weighted by molar-refractivity contribution is 5.98. The molecule has 82 valence electrons. The number of hydrogen-bond acceptors (Lipinski definition) is 3. The average molecular weight is 215 g/mol. The van der Waals surface area contributed by atoms with Crippen molar-refractivity contribution in [3.05, 3.63) is 41.7 Å². The molecule has 0 aliphatic carbocycles. The van der Waals surface area contributed by atoms with Gasteiger partial charge in [0, 0.05) is 17.5 Å². The molecular formula is C11H13N5. The van der Waals surface area contributed by atoms with Crippen molar-refractivity contribution < 1.29 is 0 Å². The number of nitrogens with two attached hydrogens (primary N) is 1. The van der Waals surface area contributed by atoms with E-state index in [0.29, 0.717) is 5.56 Å². The lowest BCUT2D eigenvalue weighted by Gasteiger charge is -2.09. The Kier molecular flexibility index (Phi) is 2.44. The van der Waals surface area contributed by atoms with Crippen LogP contribution in [0.3, 0.4) is 0 Å². The maximum atomic E-state index is 7.52. The quantitative estimate of drug-likeness (QED) is 0.582. The van der Waals surface area contributed by atoms with Gasteiger partial charge in [-0.15, -0.1) is 0 Å². The standard InChI is InChI=1S/C11H13N5/c1-7-8(2)16(6-15-7)10-5-14-4-3-9(10)11(12)13/h3-6H,1-2H3,(H3,12,13). The van der Waals surface area contributed by atoms with Crippen LogP contribution in [0.5, 0.6) is 0 Å². The van der Waals surface area contributed by atoms with Gasteiger partial charge in [0.2, 0.25) is 0 Å². The highest BCUT2D eigenvalue weighted by Gasteiger charge is 2.10. The normalized spacial score (nSPS) is 10.4. The van der Waals surface area contributed by atoms with Gasteiger partial charge in [-0.2, -0.15) is 0 Å². The summed E-state index contributed by atoms with van der Waals surface area (Å²) in [6.07, 6.45) is 5.03. The van der Waals surface area contributed by atoms with Crippen molar-refractivity contribution in [3.8, 4) is 5.69 Å². The predicted octanol–water partition coefficient (Wildman–Crippen LogP) is 1.17. The Labute approximate surface area is 93.5 Å². The summed E-state index contributed by atoms with van der Waals surface area (Å²) in [5.74, 6) is 0.0307. The third-order valence-electron chi connectivity index (χ3n) is 2.60. The summed E-state index contributed by atoms with van der Waals surface area (Å²) in [5, 5.41) is 7.52. The van der Waals surface area contributed by atoms with Crippen LogP contribution in [0, 0.1) is 19.3 Å². The molecule has 0 radical (unpaired) electrons. The fourth-order valence-electron chi connectivity index (χ4n) is 1.55. The maximum absolute atomic E-state index is 7.52. The molecule has 2 heterocycles. The minimum absolute atomic E-state index is 0.0307. The lowest BCUT2D eigenvalue weighted by atomic mass is 10.2. The van der Waals surface area contributed by atoms with Crippen LogP contribution in [0.4, 0.5) is 0 Å². The molecule has 5 nitrogen and oxygen atoms in total. The van der Waals surface area contributed by atoms with E-state index in [4.69, 9.17) is 11.1 Å². The van der Waals surface area contributed by atoms with Gasteiger partial charge in [-0.1, -0.05) is 0 Å². The molecule has 0 atom stereocenters. The Balaban J connectivity index is 2.64. The summed E-state index contributed by atoms with van der Waals surface area (Å²) in [5.41, 5.74) is 8.96. The molecule has 2 rings (SSSR count). The molecule has 5 heteroatoms. The van der Waals surface area contributed by atoms with Gasteiger partial charge in [0.25, 0.3) is 0 Å². The number of imidazole rings is 1. The molecule has 0 aliphatic rings. The topological polar surface area (TPSA) is 80.6 Å². The van der Waals surface area contributed by atoms with Gasteiger partial charge < -0.3 is 10.3 Å². The van der Waals surface area contributed by atoms with E-state index >= 15 is 0 Å². The molecule has 0 fully saturated rings. The Morgan fingerprint density at radius 1 is 1.44 bits per heavy atom. The van der Waals surface area contributed by atoms with Gasteiger partial charge in [-0.3, -0.25) is 10.4 Å². The summed E-state index contributed by atoms with van der Waals surface area (Å²) >= 11 is 0. The van der Waals surface area contributed by atoms with Crippen molar-refractivity contribution >= 4 is 5.84 Å². The number of amidine groups is 1. The molecule has 2 aromatic rings. The van der Waals surface area contributed by atoms with Crippen molar-refractivity contribution in [2.45, 2.75) is 13.8 Å². The second-order valence-electron chi connectivity index (χ2n) is 3.59. The number of nitrogens with one attached hydrogen (secondary N) is 1. The molecule has 0 aromatic carbocycles. The first kappa shape index (κ1) is 10.4. The number of aromatic nitrogens is 3. The minimum atomic E-state index is 0.0307. The van der Waals surface area contributed by atoms with Gasteiger partial charge in [-0.25, -0.2) is 4.98 Å². The maximum Gasteiger partial charge on any atom is 0.125 e. The molecule has 0 saturated heterocycles. The third kappa shape index (κ3) is 1.56. The van der Waals surface area contributed by atoms with Crippen LogP contribution in [0.15, 0.2) is 24.8 Å². The lowest BCUT2D eigenvalue weighted by molar-refractivity contribution is 0.983. The Bertz CT molecular complexity index is 541. The Hall–Kier alpha value is -2.17. The summed E-state index contributed by atoms with van der Waals surface area (Å²) in [7, 11) is 0. The summed E-state index contributed by atoms with van der Waals surface area (Å²) in [6, 6.07) is 1.73. The smallest absolute Gasteiger partial charge is 0.125 e. The van der Waals surface area contributed by atoms with E-state index in [9.17, 15) is 0 Å². The van der Waals surface area contributed by atoms with Crippen LogP contribution in [-0.2, 0) is 0 Å². The fourth-order valence-corrected chi connectivity index (χ4v) is 1.55. The second-order valence-corrected chi connectivity index (χ2v) is 3.59. The Morgan fingerprint density at radius 3 is 2.75 bits per heavy atom. The zero-order valence-electron chi connectivity index (χ0n) is 9.23. The van der Waals surface area contributed by atoms with Crippen molar-refractivity contribution in [2.75, 3.05) is 0 Å². The third-order valence-corrected chi connectivity index (χ3v) is 2.60. The highest BCUT2D eigenvalue weighted by Crippen LogP contribution is 2.16. The fraction of sp³-hybridized carbons (Fsp3) is 0.182. The number of pyridine rings is 1. The molecule has 0 aliphatic heterocycles. The molecule has 0 amide bonds. The van der Waals surface area contributed by atoms with E-state index < -0.39 is 0 Å². The lowest BCUT2D eigenvalue weighted by Crippen LogP contribution is -2.15. The van der Waals surface area contributed by atoms with E-state index in [-0.39, 0.29) is 5.84 Å². The molecule has 0 bridgehead atoms. The van der Waals surface area contributed by atoms with E-state index in [0.717, 1.165) is 17.1 Å². The minimum Gasteiger partial charge on any atom is -0.384 e. The number of nitrogens with zero attached hydrogens (tertiary/aromatic N) is 3. The van der Waals surface area contributed by atoms with Crippen LogP contribution in [-0.4, -0.2) is 20.4 Å². The van der Waals surface area contributed by atoms with Crippen LogP contribution in [0.1, 0.15) is 17.0 Å². The summed E-state index contributed by atoms with van der Waals surface area (Å²) < 4.78 is 1.89. The highest BCUT2D eigenvalue weighted by atomic mass is 15.1. The zero-order chi connectivity index (χ0) is 11.7. The molecule has 0 spiro atoms. The molecule has 16 heavy (non-hydrogen) atoms. The van der Waals surface area contributed by atoms with Crippen LogP contribution in [0.2, 0.25) is 0 Å². The van der Waals surface area contributed by atoms with Gasteiger partial charge in [0.15, 0.2) is 0 Å². The number of rotatable bonds is 2. The van der Waals surface area contributed by atoms with Crippen molar-refractivity contribution in [2.24, 2.45) is 5.73 Å². The van der Waals surface area contributed by atoms with Crippen molar-refractivity contribution in [1.29, 1.82) is 5.41 Å². The predicted molar refractivity (Wildman–Crippen MR) is 61.8 cm³/mol. The second kappa shape index (κ2) is 3.77. The monoisotopic (exact) mass is 215 g/mol. The van der Waals surface area contributed by atoms with E-state index in [1.165, 1.54) is 0 Å². The number of aryl methyl sites for hydroxylation is 1. The largest absolute Gasteiger partial charge is 0.384 e. The molecule has 0 unspecified atom stereocenters. The first-order chi connectivity index (χ1) is 7.61. The van der Waals surface area contributed by atoms with E-state index in [1.807, 2.05) is 18.4 Å². The summed E-state index contributed by atoms with van der Waals surface area (Å²) in [6.45, 7) is 3.91. The average Bonchev–Trinajstić information content (AvgIpc) is 2.60. The van der Waals surface area contributed by atoms with Crippen molar-refractivity contribution in [3.63, 3.8) is 0 Å². The Morgan fingerprint density at radius 2 is 2.19 bits per heavy atom. The molecule has 0 saturated carbocycles. The molecule has 3 N–H and O–H groups in total. The van der Waals surface area contributed by atoms with E-state index in [1.54, 1.807) is 24.8 Å². The number of nitrogen functional groups attached to an aromatic ring is 1. The van der Waals surface area contributed by atoms with Crippen LogP contribution in [0.25, 0.3) is 5.69 Å². The van der Waals surface area contributed by atoms with Gasteiger partial charge in [0.05, 0.1) is 23.9 Å². The number of hydrogen-bond donors (Lipinski definition) is 2. The van der Waals surface area contributed by atoms with Crippen LogP contribution >= 0.6 is 0 Å². The van der Waals surface area contributed by atoms with Crippen molar-refractivity contribution in [1.82, 2.24) is 14.5 Å². The van der Waals surface area contributed by atoms with E-state index in [2.05, 4.69) is 9.97 Å². The summed E-state index contributed by atoms with van der Waals surface area (Å²) in [4.78, 5) is 8.27. The van der Waals surface area contributed by atoms with Gasteiger partial charge in [0.1, 0.15) is 5.84 Å². The first-order valence-electron chi connectivity index (χ1n) is 4.90.